The summed E-state index contributed by atoms with van der Waals surface area (Å²) in [6, 6.07) is 17.1. The number of rotatable bonds is 7. The number of ketones is 2. The SMILES string of the molecule is CC(C)CCCC(C)C1CCC2C3CC=C4CC(Oc5cc6c7c(oc6c6ccccc56)C(=O)c5ccccc5C7=O)CCC4(C)C3CCC12C. The van der Waals surface area contributed by atoms with Crippen LogP contribution in [0.3, 0.4) is 0 Å². The van der Waals surface area contributed by atoms with Gasteiger partial charge in [0.2, 0.25) is 5.78 Å². The van der Waals surface area contributed by atoms with Crippen molar-refractivity contribution in [3.8, 4) is 5.75 Å². The molecule has 0 N–H and O–H groups in total. The second-order valence-corrected chi connectivity index (χ2v) is 18.1. The summed E-state index contributed by atoms with van der Waals surface area (Å²) in [5.41, 5.74) is 4.16. The minimum absolute atomic E-state index is 0.0684. The minimum atomic E-state index is -0.232. The maximum Gasteiger partial charge on any atom is 0.229 e. The second kappa shape index (κ2) is 12.2. The number of hydrogen-bond acceptors (Lipinski definition) is 4. The first-order valence-electron chi connectivity index (χ1n) is 20.1. The van der Waals surface area contributed by atoms with Crippen molar-refractivity contribution in [1.29, 1.82) is 0 Å². The van der Waals surface area contributed by atoms with Gasteiger partial charge in [-0.3, -0.25) is 9.59 Å². The molecule has 4 nitrogen and oxygen atoms in total. The van der Waals surface area contributed by atoms with Gasteiger partial charge in [-0.2, -0.15) is 0 Å². The van der Waals surface area contributed by atoms with Crippen molar-refractivity contribution in [2.45, 2.75) is 111 Å². The molecule has 266 valence electrons. The lowest BCUT2D eigenvalue weighted by Crippen LogP contribution is -2.51. The Bertz CT molecular complexity index is 2080. The van der Waals surface area contributed by atoms with Crippen LogP contribution in [0.1, 0.15) is 137 Å². The zero-order valence-electron chi connectivity index (χ0n) is 31.2. The Morgan fingerprint density at radius 3 is 2.35 bits per heavy atom. The third-order valence-corrected chi connectivity index (χ3v) is 15.1. The van der Waals surface area contributed by atoms with Crippen LogP contribution < -0.4 is 4.74 Å². The molecule has 3 saturated carbocycles. The summed E-state index contributed by atoms with van der Waals surface area (Å²) in [5.74, 6) is 5.50. The van der Waals surface area contributed by atoms with Gasteiger partial charge >= 0.3 is 0 Å². The van der Waals surface area contributed by atoms with E-state index in [4.69, 9.17) is 9.15 Å². The second-order valence-electron chi connectivity index (χ2n) is 18.1. The van der Waals surface area contributed by atoms with Gasteiger partial charge in [-0.05, 0) is 97.3 Å². The highest BCUT2D eigenvalue weighted by Gasteiger charge is 2.59. The molecule has 0 saturated heterocycles. The monoisotopic (exact) mass is 682 g/mol. The van der Waals surface area contributed by atoms with E-state index in [-0.39, 0.29) is 28.8 Å². The molecular weight excluding hydrogens is 629 g/mol. The number of allylic oxidation sites excluding steroid dienone is 1. The first-order valence-corrected chi connectivity index (χ1v) is 20.1. The molecule has 8 atom stereocenters. The van der Waals surface area contributed by atoms with Gasteiger partial charge < -0.3 is 9.15 Å². The number of benzene rings is 3. The molecule has 4 aromatic rings. The molecule has 0 aliphatic heterocycles. The molecule has 3 aromatic carbocycles. The fourth-order valence-corrected chi connectivity index (χ4v) is 12.4. The maximum absolute atomic E-state index is 13.8. The normalized spacial score (nSPS) is 31.9. The van der Waals surface area contributed by atoms with E-state index in [0.717, 1.165) is 71.3 Å². The molecule has 1 aromatic heterocycles. The Hall–Kier alpha value is -3.66. The molecule has 0 amide bonds. The van der Waals surface area contributed by atoms with Crippen molar-refractivity contribution < 1.29 is 18.7 Å². The smallest absolute Gasteiger partial charge is 0.229 e. The number of furan rings is 1. The average molecular weight is 683 g/mol. The zero-order valence-corrected chi connectivity index (χ0v) is 31.2. The van der Waals surface area contributed by atoms with E-state index < -0.39 is 0 Å². The van der Waals surface area contributed by atoms with Gasteiger partial charge in [0.1, 0.15) is 17.4 Å². The summed E-state index contributed by atoms with van der Waals surface area (Å²) in [6.45, 7) is 12.6. The first-order chi connectivity index (χ1) is 24.6. The Kier molecular flexibility index (Phi) is 7.95. The summed E-state index contributed by atoms with van der Waals surface area (Å²) in [6.07, 6.45) is 16.9. The molecule has 0 radical (unpaired) electrons. The fourth-order valence-electron chi connectivity index (χ4n) is 12.4. The van der Waals surface area contributed by atoms with E-state index in [1.165, 1.54) is 51.4 Å². The molecule has 0 spiro atoms. The van der Waals surface area contributed by atoms with Crippen LogP contribution in [-0.2, 0) is 0 Å². The summed E-state index contributed by atoms with van der Waals surface area (Å²) in [7, 11) is 0. The van der Waals surface area contributed by atoms with Gasteiger partial charge in [-0.1, -0.05) is 114 Å². The van der Waals surface area contributed by atoms with Crippen molar-refractivity contribution in [3.05, 3.63) is 88.7 Å². The van der Waals surface area contributed by atoms with Crippen molar-refractivity contribution in [2.24, 2.45) is 46.3 Å². The van der Waals surface area contributed by atoms with Crippen molar-refractivity contribution in [3.63, 3.8) is 0 Å². The van der Waals surface area contributed by atoms with Crippen LogP contribution in [0.25, 0.3) is 21.7 Å². The van der Waals surface area contributed by atoms with E-state index in [2.05, 4.69) is 46.8 Å². The van der Waals surface area contributed by atoms with Crippen molar-refractivity contribution in [2.75, 3.05) is 0 Å². The van der Waals surface area contributed by atoms with Crippen LogP contribution in [0.4, 0.5) is 0 Å². The van der Waals surface area contributed by atoms with E-state index >= 15 is 0 Å². The quantitative estimate of drug-likeness (QED) is 0.160. The van der Waals surface area contributed by atoms with Crippen molar-refractivity contribution in [1.82, 2.24) is 0 Å². The standard InChI is InChI=1S/C47H54O4/c1-27(2)11-10-12-28(3)37-19-20-38-35-18-17-29-25-30(21-23-46(29,4)39(35)22-24-47(37,38)5)50-40-26-36-41-42(48)32-14-7-8-15-33(32)43(49)45(41)51-44(36)34-16-9-6-13-31(34)40/h6-9,13-17,26-28,30,35,37-39H,10-12,18-25H2,1-5H3. The molecular formula is C47H54O4. The Morgan fingerprint density at radius 1 is 0.824 bits per heavy atom. The van der Waals surface area contributed by atoms with Crippen molar-refractivity contribution >= 4 is 33.3 Å². The predicted molar refractivity (Wildman–Crippen MR) is 204 cm³/mol. The summed E-state index contributed by atoms with van der Waals surface area (Å²) in [5, 5.41) is 2.50. The summed E-state index contributed by atoms with van der Waals surface area (Å²) >= 11 is 0. The fraction of sp³-hybridized carbons (Fsp3) is 0.532. The lowest BCUT2D eigenvalue weighted by molar-refractivity contribution is -0.0558. The lowest BCUT2D eigenvalue weighted by Gasteiger charge is -2.58. The minimum Gasteiger partial charge on any atom is -0.489 e. The Labute approximate surface area is 303 Å². The van der Waals surface area contributed by atoms with Crippen LogP contribution in [0, 0.1) is 46.3 Å². The molecule has 51 heavy (non-hydrogen) atoms. The Morgan fingerprint density at radius 2 is 1.57 bits per heavy atom. The average Bonchev–Trinajstić information content (AvgIpc) is 3.69. The van der Waals surface area contributed by atoms with Crippen LogP contribution in [0.15, 0.2) is 70.7 Å². The van der Waals surface area contributed by atoms with Crippen LogP contribution in [0.5, 0.6) is 5.75 Å². The van der Waals surface area contributed by atoms with Gasteiger partial charge in [0.25, 0.3) is 0 Å². The largest absolute Gasteiger partial charge is 0.489 e. The molecule has 5 aliphatic carbocycles. The first kappa shape index (κ1) is 33.2. The highest BCUT2D eigenvalue weighted by Crippen LogP contribution is 2.67. The van der Waals surface area contributed by atoms with Crippen LogP contribution >= 0.6 is 0 Å². The van der Waals surface area contributed by atoms with Gasteiger partial charge in [-0.25, -0.2) is 0 Å². The predicted octanol–water partition coefficient (Wildman–Crippen LogP) is 12.2. The number of carbonyl (C=O) groups excluding carboxylic acids is 2. The summed E-state index contributed by atoms with van der Waals surface area (Å²) in [4.78, 5) is 27.3. The molecule has 0 bridgehead atoms. The van der Waals surface area contributed by atoms with E-state index in [9.17, 15) is 9.59 Å². The summed E-state index contributed by atoms with van der Waals surface area (Å²) < 4.78 is 13.3. The van der Waals surface area contributed by atoms with Crippen LogP contribution in [0.2, 0.25) is 0 Å². The van der Waals surface area contributed by atoms with E-state index in [1.54, 1.807) is 23.8 Å². The third-order valence-electron chi connectivity index (χ3n) is 15.1. The number of ether oxygens (including phenoxy) is 1. The third kappa shape index (κ3) is 5.05. The van der Waals surface area contributed by atoms with Gasteiger partial charge in [0, 0.05) is 33.7 Å². The lowest BCUT2D eigenvalue weighted by atomic mass is 9.47. The van der Waals surface area contributed by atoms with E-state index in [0.29, 0.717) is 33.1 Å². The highest BCUT2D eigenvalue weighted by molar-refractivity contribution is 6.32. The molecule has 4 heteroatoms. The van der Waals surface area contributed by atoms with Gasteiger partial charge in [0.05, 0.1) is 5.56 Å². The zero-order chi connectivity index (χ0) is 35.2. The molecule has 8 unspecified atom stereocenters. The number of carbonyl (C=O) groups is 2. The highest BCUT2D eigenvalue weighted by atomic mass is 16.5. The van der Waals surface area contributed by atoms with E-state index in [1.807, 2.05) is 30.3 Å². The number of fused-ring (bicyclic) bond motifs is 11. The topological polar surface area (TPSA) is 56.5 Å². The molecule has 1 heterocycles. The number of hydrogen-bond donors (Lipinski definition) is 0. The Balaban J connectivity index is 0.977. The molecule has 3 fully saturated rings. The van der Waals surface area contributed by atoms with Crippen LogP contribution in [-0.4, -0.2) is 17.7 Å². The maximum atomic E-state index is 13.8. The van der Waals surface area contributed by atoms with Gasteiger partial charge in [-0.15, -0.1) is 0 Å². The molecule has 9 rings (SSSR count). The molecule has 5 aliphatic rings. The van der Waals surface area contributed by atoms with Gasteiger partial charge in [0.15, 0.2) is 11.5 Å².